The Kier molecular flexibility index (Phi) is 4.52. The summed E-state index contributed by atoms with van der Waals surface area (Å²) in [5.41, 5.74) is 1.99. The summed E-state index contributed by atoms with van der Waals surface area (Å²) in [6, 6.07) is 7.55. The molecular weight excluding hydrogens is 200 g/mol. The van der Waals surface area contributed by atoms with Crippen LogP contribution in [0.4, 0.5) is 0 Å². The van der Waals surface area contributed by atoms with Crippen molar-refractivity contribution >= 4 is 11.9 Å². The minimum absolute atomic E-state index is 0.0100. The number of benzene rings is 1. The Hall–Kier alpha value is -1.83. The first kappa shape index (κ1) is 12.2. The summed E-state index contributed by atoms with van der Waals surface area (Å²) >= 11 is 0. The maximum atomic E-state index is 11.4. The van der Waals surface area contributed by atoms with E-state index in [1.807, 2.05) is 38.1 Å². The number of ether oxygens (including phenoxy) is 1. The van der Waals surface area contributed by atoms with Crippen LogP contribution in [0.1, 0.15) is 19.4 Å². The third kappa shape index (κ3) is 4.13. The van der Waals surface area contributed by atoms with Gasteiger partial charge in [-0.25, -0.2) is 0 Å². The fourth-order valence-electron chi connectivity index (χ4n) is 1.23. The van der Waals surface area contributed by atoms with E-state index >= 15 is 0 Å². The quantitative estimate of drug-likeness (QED) is 0.722. The second kappa shape index (κ2) is 5.91. The van der Waals surface area contributed by atoms with Crippen molar-refractivity contribution in [3.63, 3.8) is 0 Å². The SMILES string of the molecule is COc1ccc(/C=C/C(=O)C=C(C)C)cc1. The van der Waals surface area contributed by atoms with Crippen molar-refractivity contribution in [2.45, 2.75) is 13.8 Å². The number of rotatable bonds is 4. The number of allylic oxidation sites excluding steroid dienone is 3. The molecule has 2 nitrogen and oxygen atoms in total. The predicted octanol–water partition coefficient (Wildman–Crippen LogP) is 3.24. The van der Waals surface area contributed by atoms with Gasteiger partial charge in [-0.3, -0.25) is 4.79 Å². The van der Waals surface area contributed by atoms with Gasteiger partial charge in [-0.1, -0.05) is 23.8 Å². The summed E-state index contributed by atoms with van der Waals surface area (Å²) in [4.78, 5) is 11.4. The Balaban J connectivity index is 2.69. The average Bonchev–Trinajstić information content (AvgIpc) is 2.26. The highest BCUT2D eigenvalue weighted by Gasteiger charge is 1.92. The molecular formula is C14H16O2. The lowest BCUT2D eigenvalue weighted by Crippen LogP contribution is -1.86. The van der Waals surface area contributed by atoms with Gasteiger partial charge < -0.3 is 4.74 Å². The van der Waals surface area contributed by atoms with Crippen molar-refractivity contribution in [2.24, 2.45) is 0 Å². The molecule has 0 radical (unpaired) electrons. The molecule has 0 saturated carbocycles. The molecule has 0 aliphatic rings. The first-order valence-corrected chi connectivity index (χ1v) is 5.13. The topological polar surface area (TPSA) is 26.3 Å². The lowest BCUT2D eigenvalue weighted by atomic mass is 10.1. The van der Waals surface area contributed by atoms with Gasteiger partial charge in [0.05, 0.1) is 7.11 Å². The van der Waals surface area contributed by atoms with Gasteiger partial charge in [-0.2, -0.15) is 0 Å². The van der Waals surface area contributed by atoms with Crippen molar-refractivity contribution in [1.82, 2.24) is 0 Å². The van der Waals surface area contributed by atoms with E-state index < -0.39 is 0 Å². The fourth-order valence-corrected chi connectivity index (χ4v) is 1.23. The number of carbonyl (C=O) groups excluding carboxylic acids is 1. The summed E-state index contributed by atoms with van der Waals surface area (Å²) < 4.78 is 5.05. The highest BCUT2D eigenvalue weighted by Crippen LogP contribution is 2.12. The van der Waals surface area contributed by atoms with Crippen LogP contribution < -0.4 is 4.74 Å². The van der Waals surface area contributed by atoms with Crippen molar-refractivity contribution < 1.29 is 9.53 Å². The van der Waals surface area contributed by atoms with Crippen LogP contribution in [0.15, 0.2) is 42.0 Å². The van der Waals surface area contributed by atoms with Crippen molar-refractivity contribution in [3.05, 3.63) is 47.6 Å². The molecule has 0 N–H and O–H groups in total. The molecule has 0 amide bonds. The summed E-state index contributed by atoms with van der Waals surface area (Å²) in [5, 5.41) is 0. The zero-order valence-electron chi connectivity index (χ0n) is 9.86. The molecule has 1 aromatic rings. The van der Waals surface area contributed by atoms with E-state index in [1.54, 1.807) is 25.3 Å². The van der Waals surface area contributed by atoms with E-state index in [2.05, 4.69) is 0 Å². The fraction of sp³-hybridized carbons (Fsp3) is 0.214. The Morgan fingerprint density at radius 2 is 1.81 bits per heavy atom. The lowest BCUT2D eigenvalue weighted by Gasteiger charge is -1.98. The number of ketones is 1. The normalized spacial score (nSPS) is 10.2. The molecule has 0 fully saturated rings. The van der Waals surface area contributed by atoms with Crippen LogP contribution in [-0.4, -0.2) is 12.9 Å². The van der Waals surface area contributed by atoms with Crippen LogP contribution in [0.3, 0.4) is 0 Å². The minimum Gasteiger partial charge on any atom is -0.497 e. The standard InChI is InChI=1S/C14H16O2/c1-11(2)10-13(15)7-4-12-5-8-14(16-3)9-6-12/h4-10H,1-3H3/b7-4+. The third-order valence-electron chi connectivity index (χ3n) is 1.99. The second-order valence-corrected chi connectivity index (χ2v) is 3.73. The molecule has 1 rings (SSSR count). The Bertz CT molecular complexity index is 407. The van der Waals surface area contributed by atoms with Crippen LogP contribution in [0.2, 0.25) is 0 Å². The Morgan fingerprint density at radius 1 is 1.19 bits per heavy atom. The van der Waals surface area contributed by atoms with Crippen molar-refractivity contribution in [1.29, 1.82) is 0 Å². The molecule has 1 aromatic carbocycles. The summed E-state index contributed by atoms with van der Waals surface area (Å²) in [6.07, 6.45) is 4.97. The smallest absolute Gasteiger partial charge is 0.178 e. The highest BCUT2D eigenvalue weighted by atomic mass is 16.5. The molecule has 0 unspecified atom stereocenters. The van der Waals surface area contributed by atoms with Gasteiger partial charge in [-0.05, 0) is 43.7 Å². The zero-order chi connectivity index (χ0) is 12.0. The molecule has 2 heteroatoms. The molecule has 0 heterocycles. The van der Waals surface area contributed by atoms with Gasteiger partial charge in [0.1, 0.15) is 5.75 Å². The van der Waals surface area contributed by atoms with E-state index in [0.717, 1.165) is 16.9 Å². The molecule has 84 valence electrons. The van der Waals surface area contributed by atoms with Gasteiger partial charge >= 0.3 is 0 Å². The van der Waals surface area contributed by atoms with Gasteiger partial charge in [0.25, 0.3) is 0 Å². The largest absolute Gasteiger partial charge is 0.497 e. The predicted molar refractivity (Wildman–Crippen MR) is 66.5 cm³/mol. The van der Waals surface area contributed by atoms with E-state index in [-0.39, 0.29) is 5.78 Å². The van der Waals surface area contributed by atoms with Crippen molar-refractivity contribution in [3.8, 4) is 5.75 Å². The first-order valence-electron chi connectivity index (χ1n) is 5.13. The average molecular weight is 216 g/mol. The van der Waals surface area contributed by atoms with Crippen molar-refractivity contribution in [2.75, 3.05) is 7.11 Å². The molecule has 0 aliphatic heterocycles. The maximum absolute atomic E-state index is 11.4. The zero-order valence-corrected chi connectivity index (χ0v) is 9.86. The van der Waals surface area contributed by atoms with E-state index in [9.17, 15) is 4.79 Å². The molecule has 0 atom stereocenters. The summed E-state index contributed by atoms with van der Waals surface area (Å²) in [5.74, 6) is 0.823. The summed E-state index contributed by atoms with van der Waals surface area (Å²) in [7, 11) is 1.63. The van der Waals surface area contributed by atoms with Crippen LogP contribution in [0.25, 0.3) is 6.08 Å². The minimum atomic E-state index is 0.0100. The van der Waals surface area contributed by atoms with E-state index in [0.29, 0.717) is 0 Å². The second-order valence-electron chi connectivity index (χ2n) is 3.73. The maximum Gasteiger partial charge on any atom is 0.178 e. The molecule has 0 aromatic heterocycles. The number of carbonyl (C=O) groups is 1. The highest BCUT2D eigenvalue weighted by molar-refractivity contribution is 6.02. The van der Waals surface area contributed by atoms with E-state index in [1.165, 1.54) is 0 Å². The van der Waals surface area contributed by atoms with Crippen LogP contribution in [0, 0.1) is 0 Å². The molecule has 0 saturated heterocycles. The van der Waals surface area contributed by atoms with Crippen LogP contribution in [-0.2, 0) is 4.79 Å². The Labute approximate surface area is 96.2 Å². The van der Waals surface area contributed by atoms with Crippen LogP contribution in [0.5, 0.6) is 5.75 Å². The van der Waals surface area contributed by atoms with Gasteiger partial charge in [0.15, 0.2) is 5.78 Å². The first-order chi connectivity index (χ1) is 7.61. The van der Waals surface area contributed by atoms with Gasteiger partial charge in [0.2, 0.25) is 0 Å². The molecule has 16 heavy (non-hydrogen) atoms. The molecule has 0 bridgehead atoms. The number of hydrogen-bond donors (Lipinski definition) is 0. The van der Waals surface area contributed by atoms with E-state index in [4.69, 9.17) is 4.74 Å². The van der Waals surface area contributed by atoms with Gasteiger partial charge in [0, 0.05) is 0 Å². The lowest BCUT2D eigenvalue weighted by molar-refractivity contribution is -0.110. The Morgan fingerprint density at radius 3 is 2.31 bits per heavy atom. The molecule has 0 spiro atoms. The summed E-state index contributed by atoms with van der Waals surface area (Å²) in [6.45, 7) is 3.80. The number of hydrogen-bond acceptors (Lipinski definition) is 2. The monoisotopic (exact) mass is 216 g/mol. The van der Waals surface area contributed by atoms with Gasteiger partial charge in [-0.15, -0.1) is 0 Å². The third-order valence-corrected chi connectivity index (χ3v) is 1.99. The molecule has 0 aliphatic carbocycles. The number of methoxy groups -OCH3 is 1. The van der Waals surface area contributed by atoms with Crippen LogP contribution >= 0.6 is 0 Å².